The predicted molar refractivity (Wildman–Crippen MR) is 67.3 cm³/mol. The van der Waals surface area contributed by atoms with Gasteiger partial charge in [0.05, 0.1) is 28.3 Å². The highest BCUT2D eigenvalue weighted by Gasteiger charge is 2.39. The third kappa shape index (κ3) is 2.53. The minimum absolute atomic E-state index is 0.0266. The summed E-state index contributed by atoms with van der Waals surface area (Å²) in [6, 6.07) is -0.616. The van der Waals surface area contributed by atoms with Crippen LogP contribution in [0.4, 0.5) is 5.82 Å². The first kappa shape index (κ1) is 14.9. The molecule has 1 aromatic heterocycles. The van der Waals surface area contributed by atoms with Gasteiger partial charge >= 0.3 is 5.82 Å². The minimum Gasteiger partial charge on any atom is -0.358 e. The third-order valence-corrected chi connectivity index (χ3v) is 5.89. The molecule has 10 nitrogen and oxygen atoms in total. The first-order valence-corrected chi connectivity index (χ1v) is 8.86. The van der Waals surface area contributed by atoms with Crippen molar-refractivity contribution in [3.05, 3.63) is 15.8 Å². The Labute approximate surface area is 114 Å². The molecule has 1 aromatic rings. The molecule has 0 radical (unpaired) electrons. The highest BCUT2D eigenvalue weighted by atomic mass is 32.2. The van der Waals surface area contributed by atoms with Crippen LogP contribution in [0.3, 0.4) is 0 Å². The first-order valence-electron chi connectivity index (χ1n) is 5.49. The maximum atomic E-state index is 11.4. The van der Waals surface area contributed by atoms with Gasteiger partial charge in [-0.15, -0.1) is 0 Å². The molecule has 0 bridgehead atoms. The van der Waals surface area contributed by atoms with Crippen molar-refractivity contribution in [2.75, 3.05) is 11.5 Å². The maximum Gasteiger partial charge on any atom is 0.410 e. The van der Waals surface area contributed by atoms with Gasteiger partial charge in [-0.3, -0.25) is 0 Å². The monoisotopic (exact) mass is 324 g/mol. The number of rotatable bonds is 3. The number of aromatic nitrogens is 2. The lowest BCUT2D eigenvalue weighted by Crippen LogP contribution is -2.16. The van der Waals surface area contributed by atoms with Crippen LogP contribution in [0.25, 0.3) is 0 Å². The molecule has 2 rings (SSSR count). The molecule has 2 N–H and O–H groups in total. The zero-order valence-corrected chi connectivity index (χ0v) is 12.0. The minimum atomic E-state index is -4.32. The van der Waals surface area contributed by atoms with Gasteiger partial charge < -0.3 is 10.1 Å². The Morgan fingerprint density at radius 1 is 1.50 bits per heavy atom. The Morgan fingerprint density at radius 3 is 2.45 bits per heavy atom. The summed E-state index contributed by atoms with van der Waals surface area (Å²) in [7, 11) is -7.55. The molecule has 1 saturated heterocycles. The second-order valence-corrected chi connectivity index (χ2v) is 8.27. The van der Waals surface area contributed by atoms with E-state index < -0.39 is 41.5 Å². The molecule has 20 heavy (non-hydrogen) atoms. The van der Waals surface area contributed by atoms with Crippen LogP contribution in [0.2, 0.25) is 0 Å². The van der Waals surface area contributed by atoms with E-state index in [1.54, 1.807) is 0 Å². The maximum absolute atomic E-state index is 11.4. The molecular formula is C8H12N4O6S2. The largest absolute Gasteiger partial charge is 0.410 e. The van der Waals surface area contributed by atoms with Crippen molar-refractivity contribution in [1.29, 1.82) is 0 Å². The summed E-state index contributed by atoms with van der Waals surface area (Å²) in [4.78, 5) is 9.24. The standard InChI is InChI=1S/C8H12N4O6S2/c1-5-7(20(9,17)18)8(12(13)14)10-11(5)6-2-3-19(15,16)4-6/h6H,2-4H2,1H3,(H2,9,17,18). The highest BCUT2D eigenvalue weighted by Crippen LogP contribution is 2.31. The zero-order chi connectivity index (χ0) is 15.3. The summed E-state index contributed by atoms with van der Waals surface area (Å²) in [6.07, 6.45) is 0.228. The quantitative estimate of drug-likeness (QED) is 0.558. The van der Waals surface area contributed by atoms with Gasteiger partial charge in [0.25, 0.3) is 0 Å². The lowest BCUT2D eigenvalue weighted by molar-refractivity contribution is -0.392. The smallest absolute Gasteiger partial charge is 0.358 e. The fraction of sp³-hybridized carbons (Fsp3) is 0.625. The number of nitrogens with two attached hydrogens (primary N) is 1. The number of hydrogen-bond donors (Lipinski definition) is 1. The summed E-state index contributed by atoms with van der Waals surface area (Å²) < 4.78 is 46.8. The van der Waals surface area contributed by atoms with Gasteiger partial charge in [-0.25, -0.2) is 22.0 Å². The van der Waals surface area contributed by atoms with E-state index in [9.17, 15) is 26.9 Å². The second-order valence-electron chi connectivity index (χ2n) is 4.54. The van der Waals surface area contributed by atoms with Gasteiger partial charge in [0, 0.05) is 0 Å². The fourth-order valence-corrected chi connectivity index (χ4v) is 4.83. The van der Waals surface area contributed by atoms with Crippen LogP contribution >= 0.6 is 0 Å². The van der Waals surface area contributed by atoms with Crippen molar-refractivity contribution < 1.29 is 21.8 Å². The van der Waals surface area contributed by atoms with Gasteiger partial charge in [-0.2, -0.15) is 4.68 Å². The van der Waals surface area contributed by atoms with Crippen LogP contribution in [0.5, 0.6) is 0 Å². The Balaban J connectivity index is 2.61. The summed E-state index contributed by atoms with van der Waals surface area (Å²) >= 11 is 0. The van der Waals surface area contributed by atoms with E-state index in [4.69, 9.17) is 5.14 Å². The average Bonchev–Trinajstić information content (AvgIpc) is 2.77. The first-order chi connectivity index (χ1) is 9.03. The molecule has 0 aliphatic carbocycles. The number of nitro groups is 1. The van der Waals surface area contributed by atoms with E-state index >= 15 is 0 Å². The number of sulfonamides is 1. The molecule has 112 valence electrons. The number of sulfone groups is 1. The third-order valence-electron chi connectivity index (χ3n) is 3.09. The van der Waals surface area contributed by atoms with E-state index in [1.165, 1.54) is 6.92 Å². The molecule has 0 saturated carbocycles. The molecule has 0 aromatic carbocycles. The van der Waals surface area contributed by atoms with E-state index in [2.05, 4.69) is 5.10 Å². The van der Waals surface area contributed by atoms with E-state index in [1.807, 2.05) is 0 Å². The van der Waals surface area contributed by atoms with Crippen molar-refractivity contribution in [1.82, 2.24) is 9.78 Å². The molecule has 1 aliphatic heterocycles. The molecule has 1 fully saturated rings. The van der Waals surface area contributed by atoms with Gasteiger partial charge in [-0.05, 0) is 18.3 Å². The molecule has 1 unspecified atom stereocenters. The van der Waals surface area contributed by atoms with Crippen molar-refractivity contribution in [2.45, 2.75) is 24.3 Å². The molecule has 1 aliphatic rings. The molecule has 0 spiro atoms. The summed E-state index contributed by atoms with van der Waals surface area (Å²) in [5.41, 5.74) is -0.0266. The summed E-state index contributed by atoms with van der Waals surface area (Å²) in [5, 5.41) is 19.4. The van der Waals surface area contributed by atoms with Crippen molar-refractivity contribution in [3.63, 3.8) is 0 Å². The number of primary sulfonamides is 1. The molecule has 12 heteroatoms. The van der Waals surface area contributed by atoms with Gasteiger partial charge in [0.15, 0.2) is 9.84 Å². The van der Waals surface area contributed by atoms with E-state index in [0.29, 0.717) is 0 Å². The van der Waals surface area contributed by atoms with Gasteiger partial charge in [-0.1, -0.05) is 0 Å². The predicted octanol–water partition coefficient (Wildman–Crippen LogP) is -0.893. The van der Waals surface area contributed by atoms with Crippen LogP contribution in [-0.2, 0) is 19.9 Å². The lowest BCUT2D eigenvalue weighted by atomic mass is 10.2. The fourth-order valence-electron chi connectivity index (χ4n) is 2.26. The van der Waals surface area contributed by atoms with Gasteiger partial charge in [0.2, 0.25) is 14.9 Å². The van der Waals surface area contributed by atoms with Crippen LogP contribution in [-0.4, -0.2) is 43.0 Å². The molecule has 0 amide bonds. The SMILES string of the molecule is Cc1c(S(N)(=O)=O)c([N+](=O)[O-])nn1C1CCS(=O)(=O)C1. The lowest BCUT2D eigenvalue weighted by Gasteiger charge is -2.06. The van der Waals surface area contributed by atoms with Crippen molar-refractivity contribution >= 4 is 25.7 Å². The van der Waals surface area contributed by atoms with Gasteiger partial charge in [0.1, 0.15) is 0 Å². The van der Waals surface area contributed by atoms with Crippen LogP contribution in [0, 0.1) is 17.0 Å². The molecular weight excluding hydrogens is 312 g/mol. The number of hydrogen-bond acceptors (Lipinski definition) is 7. The van der Waals surface area contributed by atoms with Crippen molar-refractivity contribution in [2.24, 2.45) is 5.14 Å². The van der Waals surface area contributed by atoms with Crippen LogP contribution in [0.15, 0.2) is 4.90 Å². The Hall–Kier alpha value is -1.53. The molecule has 1 atom stereocenters. The van der Waals surface area contributed by atoms with Crippen LogP contribution < -0.4 is 5.14 Å². The van der Waals surface area contributed by atoms with Crippen molar-refractivity contribution in [3.8, 4) is 0 Å². The Kier molecular flexibility index (Phi) is 3.34. The normalized spacial score (nSPS) is 22.0. The average molecular weight is 324 g/mol. The summed E-state index contributed by atoms with van der Waals surface area (Å²) in [6.45, 7) is 1.31. The molecule has 2 heterocycles. The van der Waals surface area contributed by atoms with E-state index in [-0.39, 0.29) is 23.6 Å². The Bertz CT molecular complexity index is 778. The highest BCUT2D eigenvalue weighted by molar-refractivity contribution is 7.91. The Morgan fingerprint density at radius 2 is 2.10 bits per heavy atom. The van der Waals surface area contributed by atoms with E-state index in [0.717, 1.165) is 4.68 Å². The zero-order valence-electron chi connectivity index (χ0n) is 10.4. The number of nitrogens with zero attached hydrogens (tertiary/aromatic N) is 3. The summed E-state index contributed by atoms with van der Waals surface area (Å²) in [5.74, 6) is -1.17. The second kappa shape index (κ2) is 4.49. The topological polar surface area (TPSA) is 155 Å². The van der Waals surface area contributed by atoms with Crippen LogP contribution in [0.1, 0.15) is 18.2 Å².